The molecule has 5 heteroatoms. The first-order chi connectivity index (χ1) is 12.2. The minimum absolute atomic E-state index is 0. The van der Waals surface area contributed by atoms with Gasteiger partial charge in [0, 0.05) is 19.6 Å². The summed E-state index contributed by atoms with van der Waals surface area (Å²) in [6.07, 6.45) is 0. The summed E-state index contributed by atoms with van der Waals surface area (Å²) in [5.41, 5.74) is 1.07. The quantitative estimate of drug-likeness (QED) is 0.726. The van der Waals surface area contributed by atoms with Gasteiger partial charge in [-0.1, -0.05) is 60.7 Å². The van der Waals surface area contributed by atoms with E-state index in [9.17, 15) is 4.79 Å². The van der Waals surface area contributed by atoms with Crippen molar-refractivity contribution >= 4 is 18.4 Å². The number of rotatable bonds is 6. The summed E-state index contributed by atoms with van der Waals surface area (Å²) in [4.78, 5) is 15.3. The van der Waals surface area contributed by atoms with Crippen LogP contribution in [-0.2, 0) is 19.7 Å². The van der Waals surface area contributed by atoms with Crippen LogP contribution in [0.3, 0.4) is 0 Å². The molecule has 1 heterocycles. The minimum atomic E-state index is -0.812. The number of benzene rings is 2. The van der Waals surface area contributed by atoms with E-state index in [1.807, 2.05) is 67.6 Å². The van der Waals surface area contributed by atoms with E-state index in [2.05, 4.69) is 4.90 Å². The SMILES string of the molecule is CC(C(=O)OCCN1CCOCC1)(c1ccccc1)c1ccccc1.Cl. The fourth-order valence-electron chi connectivity index (χ4n) is 3.18. The highest BCUT2D eigenvalue weighted by molar-refractivity contribution is 5.87. The first-order valence-electron chi connectivity index (χ1n) is 8.79. The molecule has 1 saturated heterocycles. The summed E-state index contributed by atoms with van der Waals surface area (Å²) in [6, 6.07) is 19.7. The molecule has 0 amide bonds. The monoisotopic (exact) mass is 375 g/mol. The molecule has 0 atom stereocenters. The molecule has 2 aromatic rings. The Morgan fingerprint density at radius 3 is 2.00 bits per heavy atom. The Morgan fingerprint density at radius 2 is 1.50 bits per heavy atom. The zero-order valence-electron chi connectivity index (χ0n) is 15.1. The number of esters is 1. The second-order valence-electron chi connectivity index (χ2n) is 6.45. The normalized spacial score (nSPS) is 15.1. The second kappa shape index (κ2) is 9.72. The molecule has 0 aromatic heterocycles. The lowest BCUT2D eigenvalue weighted by Crippen LogP contribution is -2.40. The van der Waals surface area contributed by atoms with Crippen LogP contribution in [0.4, 0.5) is 0 Å². The number of carbonyl (C=O) groups excluding carboxylic acids is 1. The van der Waals surface area contributed by atoms with Gasteiger partial charge in [-0.25, -0.2) is 0 Å². The number of carbonyl (C=O) groups is 1. The van der Waals surface area contributed by atoms with Crippen LogP contribution in [0.5, 0.6) is 0 Å². The summed E-state index contributed by atoms with van der Waals surface area (Å²) >= 11 is 0. The molecule has 0 unspecified atom stereocenters. The molecule has 0 radical (unpaired) electrons. The van der Waals surface area contributed by atoms with E-state index in [-0.39, 0.29) is 18.4 Å². The number of halogens is 1. The molecule has 0 aliphatic carbocycles. The van der Waals surface area contributed by atoms with E-state index in [1.54, 1.807) is 0 Å². The van der Waals surface area contributed by atoms with Crippen LogP contribution in [-0.4, -0.2) is 50.3 Å². The fraction of sp³-hybridized carbons (Fsp3) is 0.381. The van der Waals surface area contributed by atoms with E-state index in [1.165, 1.54) is 0 Å². The molecule has 1 aliphatic rings. The zero-order chi connectivity index (χ0) is 17.5. The topological polar surface area (TPSA) is 38.8 Å². The van der Waals surface area contributed by atoms with Crippen LogP contribution in [0.25, 0.3) is 0 Å². The number of morpholine rings is 1. The van der Waals surface area contributed by atoms with Crippen LogP contribution in [0.15, 0.2) is 60.7 Å². The van der Waals surface area contributed by atoms with Crippen molar-refractivity contribution in [2.24, 2.45) is 0 Å². The third-order valence-electron chi connectivity index (χ3n) is 4.85. The molecular formula is C21H26ClNO3. The van der Waals surface area contributed by atoms with Crippen molar-refractivity contribution in [3.05, 3.63) is 71.8 Å². The molecule has 0 spiro atoms. The summed E-state index contributed by atoms with van der Waals surface area (Å²) in [7, 11) is 0. The molecule has 0 N–H and O–H groups in total. The van der Waals surface area contributed by atoms with Crippen molar-refractivity contribution in [1.29, 1.82) is 0 Å². The highest BCUT2D eigenvalue weighted by Crippen LogP contribution is 2.33. The van der Waals surface area contributed by atoms with Crippen molar-refractivity contribution in [2.45, 2.75) is 12.3 Å². The van der Waals surface area contributed by atoms with Gasteiger partial charge in [0.05, 0.1) is 13.2 Å². The Labute approximate surface area is 161 Å². The van der Waals surface area contributed by atoms with Crippen LogP contribution in [0.2, 0.25) is 0 Å². The van der Waals surface area contributed by atoms with Gasteiger partial charge in [0.2, 0.25) is 0 Å². The van der Waals surface area contributed by atoms with Gasteiger partial charge in [-0.3, -0.25) is 9.69 Å². The standard InChI is InChI=1S/C21H25NO3.ClH/c1-21(18-8-4-2-5-9-18,19-10-6-3-7-11-19)20(23)25-17-14-22-12-15-24-16-13-22;/h2-11H,12-17H2,1H3;1H. The molecule has 26 heavy (non-hydrogen) atoms. The number of hydrogen-bond donors (Lipinski definition) is 0. The van der Waals surface area contributed by atoms with Crippen molar-refractivity contribution in [1.82, 2.24) is 4.90 Å². The fourth-order valence-corrected chi connectivity index (χ4v) is 3.18. The van der Waals surface area contributed by atoms with Gasteiger partial charge in [0.1, 0.15) is 12.0 Å². The average Bonchev–Trinajstić information content (AvgIpc) is 2.69. The van der Waals surface area contributed by atoms with Gasteiger partial charge in [-0.2, -0.15) is 0 Å². The minimum Gasteiger partial charge on any atom is -0.463 e. The van der Waals surface area contributed by atoms with Crippen LogP contribution in [0, 0.1) is 0 Å². The largest absolute Gasteiger partial charge is 0.463 e. The Bertz CT molecular complexity index is 633. The molecular weight excluding hydrogens is 350 g/mol. The number of nitrogens with zero attached hydrogens (tertiary/aromatic N) is 1. The predicted molar refractivity (Wildman–Crippen MR) is 105 cm³/mol. The maximum atomic E-state index is 13.0. The first-order valence-corrected chi connectivity index (χ1v) is 8.79. The average molecular weight is 376 g/mol. The zero-order valence-corrected chi connectivity index (χ0v) is 15.9. The van der Waals surface area contributed by atoms with Crippen LogP contribution in [0.1, 0.15) is 18.1 Å². The van der Waals surface area contributed by atoms with E-state index in [0.717, 1.165) is 44.0 Å². The Hall–Kier alpha value is -1.88. The Morgan fingerprint density at radius 1 is 1.00 bits per heavy atom. The van der Waals surface area contributed by atoms with E-state index >= 15 is 0 Å². The molecule has 4 nitrogen and oxygen atoms in total. The van der Waals surface area contributed by atoms with Crippen molar-refractivity contribution < 1.29 is 14.3 Å². The van der Waals surface area contributed by atoms with Gasteiger partial charge in [0.15, 0.2) is 0 Å². The lowest BCUT2D eigenvalue weighted by atomic mass is 9.76. The van der Waals surface area contributed by atoms with Gasteiger partial charge >= 0.3 is 5.97 Å². The number of hydrogen-bond acceptors (Lipinski definition) is 4. The highest BCUT2D eigenvalue weighted by Gasteiger charge is 2.38. The van der Waals surface area contributed by atoms with Gasteiger partial charge in [0.25, 0.3) is 0 Å². The van der Waals surface area contributed by atoms with Crippen molar-refractivity contribution in [3.63, 3.8) is 0 Å². The summed E-state index contributed by atoms with van der Waals surface area (Å²) in [5, 5.41) is 0. The smallest absolute Gasteiger partial charge is 0.320 e. The van der Waals surface area contributed by atoms with E-state index in [0.29, 0.717) is 6.61 Å². The first kappa shape index (κ1) is 20.4. The third kappa shape index (κ3) is 4.64. The summed E-state index contributed by atoms with van der Waals surface area (Å²) in [5.74, 6) is -0.210. The molecule has 3 rings (SSSR count). The molecule has 0 bridgehead atoms. The predicted octanol–water partition coefficient (Wildman–Crippen LogP) is 3.29. The summed E-state index contributed by atoms with van der Waals surface area (Å²) in [6.45, 7) is 6.37. The Balaban J connectivity index is 0.00000243. The molecule has 0 saturated carbocycles. The summed E-state index contributed by atoms with van der Waals surface area (Å²) < 4.78 is 11.0. The molecule has 1 aliphatic heterocycles. The Kier molecular flexibility index (Phi) is 7.64. The molecule has 1 fully saturated rings. The van der Waals surface area contributed by atoms with Crippen molar-refractivity contribution in [3.8, 4) is 0 Å². The highest BCUT2D eigenvalue weighted by atomic mass is 35.5. The van der Waals surface area contributed by atoms with E-state index in [4.69, 9.17) is 9.47 Å². The van der Waals surface area contributed by atoms with Gasteiger partial charge in [-0.05, 0) is 18.1 Å². The third-order valence-corrected chi connectivity index (χ3v) is 4.85. The maximum absolute atomic E-state index is 13.0. The number of ether oxygens (including phenoxy) is 2. The van der Waals surface area contributed by atoms with Crippen LogP contribution < -0.4 is 0 Å². The van der Waals surface area contributed by atoms with E-state index < -0.39 is 5.41 Å². The van der Waals surface area contributed by atoms with Crippen molar-refractivity contribution in [2.75, 3.05) is 39.5 Å². The van der Waals surface area contributed by atoms with Crippen LogP contribution >= 0.6 is 12.4 Å². The van der Waals surface area contributed by atoms with Gasteiger partial charge in [-0.15, -0.1) is 12.4 Å². The van der Waals surface area contributed by atoms with Gasteiger partial charge < -0.3 is 9.47 Å². The second-order valence-corrected chi connectivity index (χ2v) is 6.45. The maximum Gasteiger partial charge on any atom is 0.320 e. The molecule has 2 aromatic carbocycles. The molecule has 140 valence electrons. The lowest BCUT2D eigenvalue weighted by molar-refractivity contribution is -0.149. The lowest BCUT2D eigenvalue weighted by Gasteiger charge is -2.30.